The molecule has 1 aromatic heterocycles. The van der Waals surface area contributed by atoms with Crippen LogP contribution in [0.2, 0.25) is 5.02 Å². The van der Waals surface area contributed by atoms with E-state index in [2.05, 4.69) is 15.3 Å². The minimum Gasteiger partial charge on any atom is -0.381 e. The second-order valence-electron chi connectivity index (χ2n) is 10.3. The number of nitrogens with one attached hydrogen (secondary N) is 1. The summed E-state index contributed by atoms with van der Waals surface area (Å²) in [6, 6.07) is 4.64. The molecule has 9 nitrogen and oxygen atoms in total. The van der Waals surface area contributed by atoms with E-state index in [4.69, 9.17) is 16.3 Å². The van der Waals surface area contributed by atoms with Crippen molar-refractivity contribution < 1.29 is 19.1 Å². The van der Waals surface area contributed by atoms with E-state index in [-0.39, 0.29) is 30.3 Å². The number of likely N-dealkylation sites (tertiary alicyclic amines) is 1. The van der Waals surface area contributed by atoms with Gasteiger partial charge in [-0.25, -0.2) is 9.97 Å². The van der Waals surface area contributed by atoms with Gasteiger partial charge in [-0.1, -0.05) is 36.6 Å². The van der Waals surface area contributed by atoms with E-state index in [9.17, 15) is 14.4 Å². The second kappa shape index (κ2) is 8.81. The molecule has 2 saturated heterocycles. The highest BCUT2D eigenvalue weighted by Crippen LogP contribution is 2.41. The molecule has 1 aromatic carbocycles. The number of nitrogens with zero attached hydrogens (tertiary/aromatic N) is 4. The fourth-order valence-electron chi connectivity index (χ4n) is 5.89. The van der Waals surface area contributed by atoms with Crippen LogP contribution in [0.15, 0.2) is 24.4 Å². The molecule has 0 radical (unpaired) electrons. The highest BCUT2D eigenvalue weighted by molar-refractivity contribution is 6.33. The number of fused-ring (bicyclic) bond motifs is 1. The van der Waals surface area contributed by atoms with E-state index in [1.165, 1.54) is 9.80 Å². The monoisotopic (exact) mass is 509 g/mol. The number of aromatic nitrogens is 2. The Kier molecular flexibility index (Phi) is 5.72. The average Bonchev–Trinajstić information content (AvgIpc) is 3.44. The smallest absolute Gasteiger partial charge is 0.262 e. The number of halogens is 1. The summed E-state index contributed by atoms with van der Waals surface area (Å²) in [6.45, 7) is 3.60. The Hall–Kier alpha value is -3.04. The summed E-state index contributed by atoms with van der Waals surface area (Å²) in [7, 11) is 0. The molecule has 4 heterocycles. The van der Waals surface area contributed by atoms with Crippen molar-refractivity contribution in [1.82, 2.24) is 19.8 Å². The Morgan fingerprint density at radius 3 is 2.56 bits per heavy atom. The number of β-lactam (4-membered cyclic amide) rings is 2. The van der Waals surface area contributed by atoms with E-state index in [0.29, 0.717) is 41.0 Å². The van der Waals surface area contributed by atoms with E-state index in [0.717, 1.165) is 44.1 Å². The summed E-state index contributed by atoms with van der Waals surface area (Å²) in [5.74, 6) is -0.386. The third-order valence-corrected chi connectivity index (χ3v) is 8.23. The minimum atomic E-state index is -1.04. The molecule has 6 rings (SSSR count). The molecule has 3 fully saturated rings. The highest BCUT2D eigenvalue weighted by atomic mass is 35.5. The van der Waals surface area contributed by atoms with E-state index < -0.39 is 11.6 Å². The Bertz CT molecular complexity index is 1240. The highest BCUT2D eigenvalue weighted by Gasteiger charge is 2.59. The van der Waals surface area contributed by atoms with E-state index in [1.807, 2.05) is 19.1 Å². The van der Waals surface area contributed by atoms with Gasteiger partial charge in [0.15, 0.2) is 6.04 Å². The number of benzene rings is 1. The van der Waals surface area contributed by atoms with Crippen molar-refractivity contribution in [2.45, 2.75) is 69.6 Å². The van der Waals surface area contributed by atoms with E-state index in [1.54, 1.807) is 12.3 Å². The first kappa shape index (κ1) is 23.4. The lowest BCUT2D eigenvalue weighted by molar-refractivity contribution is -0.174. The first-order valence-electron chi connectivity index (χ1n) is 12.5. The Labute approximate surface area is 214 Å². The van der Waals surface area contributed by atoms with Crippen molar-refractivity contribution >= 4 is 35.3 Å². The Morgan fingerprint density at radius 2 is 1.83 bits per heavy atom. The molecule has 188 valence electrons. The van der Waals surface area contributed by atoms with Gasteiger partial charge in [-0.05, 0) is 44.2 Å². The van der Waals surface area contributed by atoms with Gasteiger partial charge >= 0.3 is 0 Å². The van der Waals surface area contributed by atoms with Crippen LogP contribution in [-0.4, -0.2) is 68.3 Å². The lowest BCUT2D eigenvalue weighted by Crippen LogP contribution is -2.73. The molecule has 0 unspecified atom stereocenters. The maximum atomic E-state index is 13.3. The molecule has 3 aliphatic heterocycles. The summed E-state index contributed by atoms with van der Waals surface area (Å²) >= 11 is 6.44. The molecule has 0 atom stereocenters. The number of ether oxygens (including phenoxy) is 1. The van der Waals surface area contributed by atoms with Gasteiger partial charge in [0, 0.05) is 42.5 Å². The minimum absolute atomic E-state index is 0.228. The molecule has 1 aliphatic carbocycles. The van der Waals surface area contributed by atoms with Crippen LogP contribution in [0.5, 0.6) is 0 Å². The number of carbonyl (C=O) groups excluding carboxylic acids is 3. The van der Waals surface area contributed by atoms with Crippen LogP contribution < -0.4 is 5.32 Å². The summed E-state index contributed by atoms with van der Waals surface area (Å²) in [5.41, 5.74) is 2.02. The molecule has 0 bridgehead atoms. The number of hydrogen-bond acceptors (Lipinski definition) is 7. The van der Waals surface area contributed by atoms with Crippen molar-refractivity contribution in [3.8, 4) is 11.3 Å². The van der Waals surface area contributed by atoms with Crippen LogP contribution in [-0.2, 0) is 20.9 Å². The standard InChI is InChI=1S/C26H28ClN5O4/c1-26(8-2-3-9-26)32-23(34)21(24(32)35)31-14-16-5-4-15(12-18(16)22(31)33)20-19(27)13-28-25(30-20)29-17-6-10-36-11-7-17/h4-5,12-13,17,21H,2-3,6-11,14H2,1H3,(H,28,29,30). The number of hydrogen-bond donors (Lipinski definition) is 1. The molecule has 2 aromatic rings. The van der Waals surface area contributed by atoms with Crippen molar-refractivity contribution in [1.29, 1.82) is 0 Å². The number of rotatable bonds is 5. The van der Waals surface area contributed by atoms with Gasteiger partial charge in [-0.15, -0.1) is 0 Å². The normalized spacial score (nSPS) is 22.2. The van der Waals surface area contributed by atoms with Crippen LogP contribution in [0.3, 0.4) is 0 Å². The van der Waals surface area contributed by atoms with Crippen LogP contribution >= 0.6 is 11.6 Å². The van der Waals surface area contributed by atoms with Gasteiger partial charge < -0.3 is 15.0 Å². The summed E-state index contributed by atoms with van der Waals surface area (Å²) in [5, 5.41) is 3.72. The Morgan fingerprint density at radius 1 is 1.11 bits per heavy atom. The van der Waals surface area contributed by atoms with Gasteiger partial charge in [-0.3, -0.25) is 19.3 Å². The number of carbonyl (C=O) groups is 3. The molecule has 1 saturated carbocycles. The van der Waals surface area contributed by atoms with Crippen LogP contribution in [0.1, 0.15) is 61.4 Å². The van der Waals surface area contributed by atoms with Gasteiger partial charge in [0.1, 0.15) is 0 Å². The molecule has 3 amide bonds. The lowest BCUT2D eigenvalue weighted by Gasteiger charge is -2.48. The first-order valence-corrected chi connectivity index (χ1v) is 12.9. The predicted molar refractivity (Wildman–Crippen MR) is 132 cm³/mol. The SMILES string of the molecule is CC1(N2C(=O)C(N3Cc4ccc(-c5nc(NC6CCOCC6)ncc5Cl)cc4C3=O)C2=O)CCCC1. The Balaban J connectivity index is 1.22. The molecule has 10 heteroatoms. The van der Waals surface area contributed by atoms with Gasteiger partial charge in [-0.2, -0.15) is 0 Å². The zero-order valence-electron chi connectivity index (χ0n) is 20.1. The van der Waals surface area contributed by atoms with Crippen LogP contribution in [0, 0.1) is 0 Å². The van der Waals surface area contributed by atoms with Crippen LogP contribution in [0.4, 0.5) is 5.95 Å². The van der Waals surface area contributed by atoms with Gasteiger partial charge in [0.2, 0.25) is 5.95 Å². The van der Waals surface area contributed by atoms with Crippen molar-refractivity contribution in [2.75, 3.05) is 18.5 Å². The fourth-order valence-corrected chi connectivity index (χ4v) is 6.09. The predicted octanol–water partition coefficient (Wildman–Crippen LogP) is 3.41. The quantitative estimate of drug-likeness (QED) is 0.486. The molecule has 0 spiro atoms. The fraction of sp³-hybridized carbons (Fsp3) is 0.500. The third-order valence-electron chi connectivity index (χ3n) is 7.95. The summed E-state index contributed by atoms with van der Waals surface area (Å²) in [4.78, 5) is 51.1. The molecular formula is C26H28ClN5O4. The van der Waals surface area contributed by atoms with Crippen LogP contribution in [0.25, 0.3) is 11.3 Å². The summed E-state index contributed by atoms with van der Waals surface area (Å²) in [6.07, 6.45) is 6.95. The molecule has 36 heavy (non-hydrogen) atoms. The maximum Gasteiger partial charge on any atom is 0.262 e. The zero-order chi connectivity index (χ0) is 25.0. The second-order valence-corrected chi connectivity index (χ2v) is 10.8. The number of anilines is 1. The third kappa shape index (κ3) is 3.76. The molecule has 1 N–H and O–H groups in total. The van der Waals surface area contributed by atoms with Gasteiger partial charge in [0.25, 0.3) is 17.7 Å². The lowest BCUT2D eigenvalue weighted by atomic mass is 9.90. The average molecular weight is 510 g/mol. The van der Waals surface area contributed by atoms with Crippen molar-refractivity contribution in [2.24, 2.45) is 0 Å². The van der Waals surface area contributed by atoms with Crippen molar-refractivity contribution in [3.63, 3.8) is 0 Å². The summed E-state index contributed by atoms with van der Waals surface area (Å²) < 4.78 is 5.41. The first-order chi connectivity index (χ1) is 17.4. The molecule has 4 aliphatic rings. The number of imide groups is 1. The van der Waals surface area contributed by atoms with Crippen molar-refractivity contribution in [3.05, 3.63) is 40.5 Å². The molecular weight excluding hydrogens is 482 g/mol. The van der Waals surface area contributed by atoms with E-state index >= 15 is 0 Å². The number of amides is 3. The van der Waals surface area contributed by atoms with Gasteiger partial charge in [0.05, 0.1) is 16.9 Å². The topological polar surface area (TPSA) is 105 Å². The largest absolute Gasteiger partial charge is 0.381 e. The zero-order valence-corrected chi connectivity index (χ0v) is 20.9. The maximum absolute atomic E-state index is 13.3.